The number of carbonyl (C=O) groups is 3. The maximum atomic E-state index is 15.3. The molecule has 1 amide bonds. The zero-order valence-electron chi connectivity index (χ0n) is 29.4. The van der Waals surface area contributed by atoms with Gasteiger partial charge in [-0.05, 0) is 30.5 Å². The van der Waals surface area contributed by atoms with Gasteiger partial charge in [-0.3, -0.25) is 14.6 Å². The SMILES string of the molecule is Nc1nc(CON=CC(=O)N[C@@H]2CN3C(C(=O)[O-])=C(CSC=NN4CCN(c5cc6c(cc5F)c(=O)c(C(=O)[O-])cn6C5CC5)CC4)CS[C@H]23)cs1.[Na+].[Na+]. The summed E-state index contributed by atoms with van der Waals surface area (Å²) >= 11 is 4.16. The molecule has 3 N–H and O–H groups in total. The maximum Gasteiger partial charge on any atom is 1.00 e. The smallest absolute Gasteiger partial charge is 0.545 e. The minimum absolute atomic E-state index is 0. The molecule has 274 valence electrons. The Labute approximate surface area is 365 Å². The number of aliphatic carboxylic acids is 1. The first kappa shape index (κ1) is 42.3. The van der Waals surface area contributed by atoms with Crippen LogP contribution in [0.3, 0.4) is 0 Å². The number of nitrogens with one attached hydrogen (secondary N) is 1. The van der Waals surface area contributed by atoms with E-state index in [1.807, 2.05) is 9.91 Å². The number of carboxylic acid groups (broad SMARTS) is 2. The molecule has 0 spiro atoms. The van der Waals surface area contributed by atoms with E-state index in [2.05, 4.69) is 20.6 Å². The average molecular weight is 816 g/mol. The van der Waals surface area contributed by atoms with Gasteiger partial charge in [0.15, 0.2) is 17.2 Å². The third kappa shape index (κ3) is 9.40. The Morgan fingerprint density at radius 3 is 2.57 bits per heavy atom. The Balaban J connectivity index is 0.00000280. The number of carboxylic acids is 2. The van der Waals surface area contributed by atoms with Crippen LogP contribution in [0.4, 0.5) is 15.2 Å². The quantitative estimate of drug-likeness (QED) is 0.0712. The molecule has 2 atom stereocenters. The van der Waals surface area contributed by atoms with Gasteiger partial charge in [-0.25, -0.2) is 9.37 Å². The number of nitrogen functional groups attached to an aromatic ring is 1. The van der Waals surface area contributed by atoms with Crippen molar-refractivity contribution in [1.29, 1.82) is 0 Å². The molecular formula is C32H32FN9Na2O7S3. The van der Waals surface area contributed by atoms with Crippen molar-refractivity contribution in [2.75, 3.05) is 54.9 Å². The van der Waals surface area contributed by atoms with Crippen LogP contribution in [0.15, 0.2) is 50.0 Å². The second-order valence-electron chi connectivity index (χ2n) is 12.5. The van der Waals surface area contributed by atoms with Gasteiger partial charge in [0, 0.05) is 54.1 Å². The van der Waals surface area contributed by atoms with E-state index in [1.165, 1.54) is 41.1 Å². The first-order valence-electron chi connectivity index (χ1n) is 16.3. The van der Waals surface area contributed by atoms with Crippen molar-refractivity contribution in [3.05, 3.63) is 62.3 Å². The zero-order chi connectivity index (χ0) is 36.5. The number of anilines is 2. The number of thiazole rings is 1. The third-order valence-electron chi connectivity index (χ3n) is 9.04. The van der Waals surface area contributed by atoms with Crippen LogP contribution < -0.4 is 90.7 Å². The van der Waals surface area contributed by atoms with Gasteiger partial charge in [0.05, 0.1) is 70.1 Å². The summed E-state index contributed by atoms with van der Waals surface area (Å²) in [4.78, 5) is 61.5. The van der Waals surface area contributed by atoms with Crippen molar-refractivity contribution >= 4 is 86.2 Å². The van der Waals surface area contributed by atoms with E-state index in [0.29, 0.717) is 71.8 Å². The molecule has 3 aromatic rings. The van der Waals surface area contributed by atoms with Gasteiger partial charge < -0.3 is 50.1 Å². The minimum Gasteiger partial charge on any atom is -0.545 e. The van der Waals surface area contributed by atoms with Crippen LogP contribution in [0.5, 0.6) is 0 Å². The number of aromatic nitrogens is 2. The normalized spacial score (nSPS) is 19.7. The van der Waals surface area contributed by atoms with Crippen molar-refractivity contribution in [1.82, 2.24) is 24.8 Å². The third-order valence-corrected chi connectivity index (χ3v) is 12.0. The molecule has 1 aromatic carbocycles. The molecule has 2 aromatic heterocycles. The number of pyridine rings is 1. The van der Waals surface area contributed by atoms with Crippen LogP contribution in [0, 0.1) is 5.82 Å². The molecule has 3 fully saturated rings. The standard InChI is InChI=1S/C32H34FN9O7S3.2Na/c33-22-7-20-24(41(19-1-2-19)10-21(28(20)44)30(45)46)8-25(22)39-3-5-40(6-4-39)35-16-50-13-17-14-51-29-23(11-42(29)27(17)31(47)48)38-26(43)9-36-49-12-18-15-52-32(34)37-18;;/h7-10,15-16,19,23,29H,1-6,11-14H2,(H2,34,37)(H,38,43)(H,45,46)(H,47,48);;/q;2*+1/p-2/t23-,29-;;/m1../s1. The van der Waals surface area contributed by atoms with E-state index in [1.54, 1.807) is 26.5 Å². The molecule has 0 bridgehead atoms. The summed E-state index contributed by atoms with van der Waals surface area (Å²) in [5, 5.41) is 38.4. The van der Waals surface area contributed by atoms with Crippen LogP contribution in [-0.2, 0) is 21.0 Å². The van der Waals surface area contributed by atoms with E-state index >= 15 is 4.39 Å². The van der Waals surface area contributed by atoms with Crippen molar-refractivity contribution in [3.8, 4) is 0 Å². The fraction of sp³-hybridized carbons (Fsp3) is 0.406. The van der Waals surface area contributed by atoms with Gasteiger partial charge in [-0.1, -0.05) is 5.16 Å². The fourth-order valence-corrected chi connectivity index (χ4v) is 9.10. The van der Waals surface area contributed by atoms with Gasteiger partial charge in [0.2, 0.25) is 0 Å². The Kier molecular flexibility index (Phi) is 14.4. The summed E-state index contributed by atoms with van der Waals surface area (Å²) in [6.07, 6.45) is 4.01. The molecule has 22 heteroatoms. The number of carbonyl (C=O) groups excluding carboxylic acids is 3. The number of thioether (sulfide) groups is 2. The molecule has 1 saturated carbocycles. The number of halogens is 1. The van der Waals surface area contributed by atoms with Crippen molar-refractivity contribution in [2.45, 2.75) is 36.9 Å². The number of amides is 1. The summed E-state index contributed by atoms with van der Waals surface area (Å²) < 4.78 is 17.1. The van der Waals surface area contributed by atoms with Crippen LogP contribution in [0.25, 0.3) is 10.9 Å². The van der Waals surface area contributed by atoms with E-state index in [0.717, 1.165) is 25.1 Å². The number of nitrogens with zero attached hydrogens (tertiary/aromatic N) is 7. The molecular weight excluding hydrogens is 784 g/mol. The Hall–Kier alpha value is -2.82. The van der Waals surface area contributed by atoms with Crippen LogP contribution in [0.2, 0.25) is 0 Å². The number of hydrogen-bond acceptors (Lipinski definition) is 17. The number of rotatable bonds is 13. The summed E-state index contributed by atoms with van der Waals surface area (Å²) in [6, 6.07) is 2.51. The Bertz CT molecular complexity index is 2070. The second-order valence-corrected chi connectivity index (χ2v) is 15.3. The molecule has 3 aliphatic heterocycles. The molecule has 0 unspecified atom stereocenters. The summed E-state index contributed by atoms with van der Waals surface area (Å²) in [5.41, 5.74) is 8.26. The molecule has 1 aliphatic carbocycles. The number of hydrazone groups is 1. The minimum atomic E-state index is -1.58. The molecule has 5 heterocycles. The Morgan fingerprint density at radius 1 is 1.15 bits per heavy atom. The summed E-state index contributed by atoms with van der Waals surface area (Å²) in [7, 11) is 0. The predicted molar refractivity (Wildman–Crippen MR) is 192 cm³/mol. The van der Waals surface area contributed by atoms with Crippen LogP contribution in [-0.4, -0.2) is 105 Å². The largest absolute Gasteiger partial charge is 1.00 e. The van der Waals surface area contributed by atoms with Crippen LogP contribution >= 0.6 is 34.9 Å². The number of nitrogens with two attached hydrogens (primary N) is 1. The second kappa shape index (κ2) is 18.4. The zero-order valence-corrected chi connectivity index (χ0v) is 35.9. The number of fused-ring (bicyclic) bond motifs is 2. The Morgan fingerprint density at radius 2 is 1.91 bits per heavy atom. The van der Waals surface area contributed by atoms with Crippen LogP contribution in [0.1, 0.15) is 34.9 Å². The van der Waals surface area contributed by atoms with Crippen molar-refractivity contribution < 1.29 is 92.9 Å². The van der Waals surface area contributed by atoms with Gasteiger partial charge in [0.1, 0.15) is 12.0 Å². The molecule has 2 saturated heterocycles. The molecule has 7 rings (SSSR count). The topological polar surface area (TPSA) is 214 Å². The fourth-order valence-electron chi connectivity index (χ4n) is 6.34. The maximum absolute atomic E-state index is 15.3. The van der Waals surface area contributed by atoms with Gasteiger partial charge >= 0.3 is 59.1 Å². The first-order chi connectivity index (χ1) is 25.1. The monoisotopic (exact) mass is 815 g/mol. The molecule has 0 radical (unpaired) electrons. The average Bonchev–Trinajstić information content (AvgIpc) is 3.87. The molecule has 54 heavy (non-hydrogen) atoms. The van der Waals surface area contributed by atoms with Gasteiger partial charge in [0.25, 0.3) is 5.91 Å². The first-order valence-corrected chi connectivity index (χ1v) is 19.3. The number of aromatic carboxylic acids is 1. The van der Waals surface area contributed by atoms with Gasteiger partial charge in [-0.15, -0.1) is 34.9 Å². The number of oxime groups is 1. The van der Waals surface area contributed by atoms with E-state index in [-0.39, 0.29) is 94.3 Å². The number of benzene rings is 1. The van der Waals surface area contributed by atoms with E-state index < -0.39 is 34.7 Å². The number of hydrogen-bond donors (Lipinski definition) is 2. The van der Waals surface area contributed by atoms with E-state index in [4.69, 9.17) is 10.6 Å². The summed E-state index contributed by atoms with van der Waals surface area (Å²) in [6.45, 7) is 2.30. The van der Waals surface area contributed by atoms with Crippen molar-refractivity contribution in [3.63, 3.8) is 0 Å². The summed E-state index contributed by atoms with van der Waals surface area (Å²) in [5.74, 6) is -3.09. The molecule has 16 nitrogen and oxygen atoms in total. The van der Waals surface area contributed by atoms with Crippen molar-refractivity contribution in [2.24, 2.45) is 10.3 Å². The molecule has 4 aliphatic rings. The predicted octanol–water partition coefficient (Wildman–Crippen LogP) is -6.24. The number of piperazine rings is 1. The van der Waals surface area contributed by atoms with Gasteiger partial charge in [-0.2, -0.15) is 5.10 Å². The van der Waals surface area contributed by atoms with E-state index in [9.17, 15) is 29.4 Å².